The summed E-state index contributed by atoms with van der Waals surface area (Å²) < 4.78 is 6.58. The van der Waals surface area contributed by atoms with E-state index in [1.165, 1.54) is 0 Å². The quantitative estimate of drug-likeness (QED) is 0.591. The first kappa shape index (κ1) is 21.8. The number of nitrogens with zero attached hydrogens (tertiary/aromatic N) is 2. The summed E-state index contributed by atoms with van der Waals surface area (Å²) in [5.41, 5.74) is 0.928. The Morgan fingerprint density at radius 1 is 1.07 bits per heavy atom. The van der Waals surface area contributed by atoms with Crippen LogP contribution in [0.25, 0.3) is 10.2 Å². The molecule has 30 heavy (non-hydrogen) atoms. The van der Waals surface area contributed by atoms with Crippen LogP contribution < -0.4 is 10.1 Å². The van der Waals surface area contributed by atoms with Crippen molar-refractivity contribution in [2.75, 3.05) is 13.7 Å². The molecule has 0 spiro atoms. The van der Waals surface area contributed by atoms with Gasteiger partial charge in [0.1, 0.15) is 16.8 Å². The molecule has 158 valence electrons. The van der Waals surface area contributed by atoms with E-state index in [0.29, 0.717) is 5.75 Å². The Labute approximate surface area is 180 Å². The third kappa shape index (κ3) is 5.16. The van der Waals surface area contributed by atoms with Gasteiger partial charge >= 0.3 is 0 Å². The number of carbonyl (C=O) groups is 2. The van der Waals surface area contributed by atoms with Crippen LogP contribution in [0, 0.1) is 5.92 Å². The number of nitrogens with one attached hydrogen (secondary N) is 1. The van der Waals surface area contributed by atoms with Crippen molar-refractivity contribution in [1.82, 2.24) is 15.2 Å². The number of likely N-dealkylation sites (N-methyl/N-ethyl adjacent to an activating group) is 1. The number of benzene rings is 2. The van der Waals surface area contributed by atoms with Crippen LogP contribution in [-0.2, 0) is 9.59 Å². The molecule has 0 radical (unpaired) electrons. The Morgan fingerprint density at radius 2 is 1.73 bits per heavy atom. The third-order valence-corrected chi connectivity index (χ3v) is 6.17. The van der Waals surface area contributed by atoms with Crippen LogP contribution >= 0.6 is 11.3 Å². The van der Waals surface area contributed by atoms with E-state index >= 15 is 0 Å². The minimum Gasteiger partial charge on any atom is -0.484 e. The predicted molar refractivity (Wildman–Crippen MR) is 120 cm³/mol. The van der Waals surface area contributed by atoms with Crippen molar-refractivity contribution in [2.45, 2.75) is 32.9 Å². The topological polar surface area (TPSA) is 71.5 Å². The summed E-state index contributed by atoms with van der Waals surface area (Å²) in [4.78, 5) is 31.9. The maximum Gasteiger partial charge on any atom is 0.258 e. The Morgan fingerprint density at radius 3 is 2.40 bits per heavy atom. The molecule has 2 amide bonds. The highest BCUT2D eigenvalue weighted by Crippen LogP contribution is 2.29. The monoisotopic (exact) mass is 425 g/mol. The van der Waals surface area contributed by atoms with Crippen molar-refractivity contribution in [2.24, 2.45) is 5.92 Å². The Balaban J connectivity index is 1.65. The van der Waals surface area contributed by atoms with E-state index in [4.69, 9.17) is 4.74 Å². The van der Waals surface area contributed by atoms with Gasteiger partial charge in [-0.25, -0.2) is 4.98 Å². The standard InChI is InChI=1S/C23H27N3O3S/c1-15(2)21(25-20(27)14-29-17-10-6-5-7-11-17)23(28)26(4)16(3)22-24-18-12-8-9-13-19(18)30-22/h5-13,15-16,21H,14H2,1-4H3,(H,25,27)/t16-,21+/m1/s1. The lowest BCUT2D eigenvalue weighted by Gasteiger charge is -2.30. The number of thiazole rings is 1. The molecule has 0 aliphatic heterocycles. The van der Waals surface area contributed by atoms with Gasteiger partial charge in [0.25, 0.3) is 5.91 Å². The molecule has 0 bridgehead atoms. The number of aromatic nitrogens is 1. The fourth-order valence-electron chi connectivity index (χ4n) is 3.04. The van der Waals surface area contributed by atoms with Crippen LogP contribution in [0.4, 0.5) is 0 Å². The van der Waals surface area contributed by atoms with Gasteiger partial charge in [0.2, 0.25) is 5.91 Å². The summed E-state index contributed by atoms with van der Waals surface area (Å²) in [5.74, 6) is 0.0709. The maximum atomic E-state index is 13.2. The number of rotatable bonds is 8. The molecule has 0 fully saturated rings. The van der Waals surface area contributed by atoms with Gasteiger partial charge in [-0.15, -0.1) is 11.3 Å². The highest BCUT2D eigenvalue weighted by atomic mass is 32.1. The third-order valence-electron chi connectivity index (χ3n) is 4.96. The molecule has 1 aromatic heterocycles. The molecule has 2 aromatic carbocycles. The number of hydrogen-bond acceptors (Lipinski definition) is 5. The van der Waals surface area contributed by atoms with Gasteiger partial charge in [-0.05, 0) is 37.1 Å². The first-order chi connectivity index (χ1) is 14.4. The second-order valence-electron chi connectivity index (χ2n) is 7.54. The minimum atomic E-state index is -0.640. The number of ether oxygens (including phenoxy) is 1. The number of carbonyl (C=O) groups excluding carboxylic acids is 2. The van der Waals surface area contributed by atoms with E-state index in [-0.39, 0.29) is 30.4 Å². The molecule has 1 N–H and O–H groups in total. The number of hydrogen-bond donors (Lipinski definition) is 1. The minimum absolute atomic E-state index is 0.0665. The van der Waals surface area contributed by atoms with E-state index in [1.54, 1.807) is 35.4 Å². The second kappa shape index (κ2) is 9.71. The van der Waals surface area contributed by atoms with Gasteiger partial charge in [0, 0.05) is 7.05 Å². The molecule has 3 rings (SSSR count). The Hall–Kier alpha value is -2.93. The lowest BCUT2D eigenvalue weighted by Crippen LogP contribution is -2.51. The van der Waals surface area contributed by atoms with Crippen molar-refractivity contribution in [1.29, 1.82) is 0 Å². The lowest BCUT2D eigenvalue weighted by atomic mass is 10.0. The van der Waals surface area contributed by atoms with E-state index in [1.807, 2.05) is 63.2 Å². The summed E-state index contributed by atoms with van der Waals surface area (Å²) in [5, 5.41) is 3.70. The van der Waals surface area contributed by atoms with Crippen LogP contribution in [-0.4, -0.2) is 41.4 Å². The highest BCUT2D eigenvalue weighted by Gasteiger charge is 2.30. The average molecular weight is 426 g/mol. The van der Waals surface area contributed by atoms with Crippen LogP contribution in [0.15, 0.2) is 54.6 Å². The molecule has 2 atom stereocenters. The van der Waals surface area contributed by atoms with E-state index < -0.39 is 6.04 Å². The molecule has 0 saturated carbocycles. The summed E-state index contributed by atoms with van der Waals surface area (Å²) in [6.07, 6.45) is 0. The zero-order chi connectivity index (χ0) is 21.7. The molecule has 0 unspecified atom stereocenters. The van der Waals surface area contributed by atoms with Crippen molar-refractivity contribution in [3.8, 4) is 5.75 Å². The largest absolute Gasteiger partial charge is 0.484 e. The average Bonchev–Trinajstić information content (AvgIpc) is 3.19. The molecule has 7 heteroatoms. The fraction of sp³-hybridized carbons (Fsp3) is 0.348. The van der Waals surface area contributed by atoms with Crippen LogP contribution in [0.2, 0.25) is 0 Å². The zero-order valence-corrected chi connectivity index (χ0v) is 18.5. The van der Waals surface area contributed by atoms with E-state index in [0.717, 1.165) is 15.2 Å². The predicted octanol–water partition coefficient (Wildman–Crippen LogP) is 4.04. The molecule has 1 heterocycles. The van der Waals surface area contributed by atoms with Crippen molar-refractivity contribution >= 4 is 33.4 Å². The Kier molecular flexibility index (Phi) is 7.05. The van der Waals surface area contributed by atoms with Crippen molar-refractivity contribution < 1.29 is 14.3 Å². The van der Waals surface area contributed by atoms with Gasteiger partial charge in [-0.3, -0.25) is 9.59 Å². The molecule has 3 aromatic rings. The highest BCUT2D eigenvalue weighted by molar-refractivity contribution is 7.18. The molecule has 0 aliphatic carbocycles. The van der Waals surface area contributed by atoms with Crippen molar-refractivity contribution in [3.05, 3.63) is 59.6 Å². The van der Waals surface area contributed by atoms with E-state index in [2.05, 4.69) is 10.3 Å². The molecular formula is C23H27N3O3S. The summed E-state index contributed by atoms with van der Waals surface area (Å²) >= 11 is 1.58. The van der Waals surface area contributed by atoms with Gasteiger partial charge in [0.15, 0.2) is 6.61 Å². The normalized spacial score (nSPS) is 13.1. The van der Waals surface area contributed by atoms with Crippen LogP contribution in [0.3, 0.4) is 0 Å². The smallest absolute Gasteiger partial charge is 0.258 e. The first-order valence-electron chi connectivity index (χ1n) is 9.96. The van der Waals surface area contributed by atoms with Gasteiger partial charge in [-0.1, -0.05) is 44.2 Å². The SMILES string of the molecule is CC(C)[C@H](NC(=O)COc1ccccc1)C(=O)N(C)[C@H](C)c1nc2ccccc2s1. The van der Waals surface area contributed by atoms with Crippen LogP contribution in [0.5, 0.6) is 5.75 Å². The maximum absolute atomic E-state index is 13.2. The second-order valence-corrected chi connectivity index (χ2v) is 8.60. The number of amides is 2. The van der Waals surface area contributed by atoms with Crippen molar-refractivity contribution in [3.63, 3.8) is 0 Å². The molecule has 0 saturated heterocycles. The summed E-state index contributed by atoms with van der Waals surface area (Å²) in [7, 11) is 1.75. The summed E-state index contributed by atoms with van der Waals surface area (Å²) in [6, 6.07) is 16.2. The Bertz CT molecular complexity index is 970. The van der Waals surface area contributed by atoms with Gasteiger partial charge < -0.3 is 15.0 Å². The number of fused-ring (bicyclic) bond motifs is 1. The molecule has 6 nitrogen and oxygen atoms in total. The summed E-state index contributed by atoms with van der Waals surface area (Å²) in [6.45, 7) is 5.64. The van der Waals surface area contributed by atoms with Gasteiger partial charge in [-0.2, -0.15) is 0 Å². The van der Waals surface area contributed by atoms with E-state index in [9.17, 15) is 9.59 Å². The number of para-hydroxylation sites is 2. The zero-order valence-electron chi connectivity index (χ0n) is 17.7. The molecule has 0 aliphatic rings. The lowest BCUT2D eigenvalue weighted by molar-refractivity contribution is -0.138. The fourth-order valence-corrected chi connectivity index (χ4v) is 4.10. The van der Waals surface area contributed by atoms with Crippen LogP contribution in [0.1, 0.15) is 31.8 Å². The van der Waals surface area contributed by atoms with Gasteiger partial charge in [0.05, 0.1) is 16.3 Å². The molecular weight excluding hydrogens is 398 g/mol. The first-order valence-corrected chi connectivity index (χ1v) is 10.8.